The van der Waals surface area contributed by atoms with Gasteiger partial charge in [-0.2, -0.15) is 0 Å². The van der Waals surface area contributed by atoms with Gasteiger partial charge in [0.15, 0.2) is 0 Å². The van der Waals surface area contributed by atoms with Gasteiger partial charge in [-0.25, -0.2) is 4.79 Å². The van der Waals surface area contributed by atoms with Crippen LogP contribution in [0.5, 0.6) is 0 Å². The Kier molecular flexibility index (Phi) is 6.09. The molecule has 0 atom stereocenters. The molecule has 0 aliphatic rings. The fraction of sp³-hybridized carbons (Fsp3) is 0.625. The average Bonchev–Trinajstić information content (AvgIpc) is 2.14. The smallest absolute Gasteiger partial charge is 0.362 e. The Morgan fingerprint density at radius 2 is 1.79 bits per heavy atom. The molecule has 80 valence electrons. The first kappa shape index (κ1) is 12.4. The lowest BCUT2D eigenvalue weighted by Crippen LogP contribution is -2.25. The van der Waals surface area contributed by atoms with Crippen LogP contribution in [0.4, 0.5) is 0 Å². The van der Waals surface area contributed by atoms with Crippen LogP contribution in [0, 0.1) is 0 Å². The Morgan fingerprint density at radius 3 is 2.21 bits per heavy atom. The van der Waals surface area contributed by atoms with Gasteiger partial charge >= 0.3 is 5.97 Å². The van der Waals surface area contributed by atoms with Gasteiger partial charge in [-0.3, -0.25) is 0 Å². The predicted molar refractivity (Wildman–Crippen MR) is 51.2 cm³/mol. The highest BCUT2D eigenvalue weighted by molar-refractivity contribution is 6.65. The highest BCUT2D eigenvalue weighted by atomic mass is 16.6. The van der Waals surface area contributed by atoms with E-state index in [-0.39, 0.29) is 12.3 Å². The largest absolute Gasteiger partial charge is 0.461 e. The molecule has 0 saturated carbocycles. The average molecular weight is 202 g/mol. The van der Waals surface area contributed by atoms with Crippen LogP contribution in [0.15, 0.2) is 10.3 Å². The molecular weight excluding hydrogens is 188 g/mol. The van der Waals surface area contributed by atoms with Crippen molar-refractivity contribution in [2.24, 2.45) is 10.3 Å². The van der Waals surface area contributed by atoms with Crippen LogP contribution < -0.4 is 0 Å². The molecule has 0 spiro atoms. The molecular formula is C8H14N2O4. The van der Waals surface area contributed by atoms with E-state index in [2.05, 4.69) is 20.0 Å². The first-order valence-corrected chi connectivity index (χ1v) is 4.03. The number of esters is 1. The van der Waals surface area contributed by atoms with E-state index in [0.29, 0.717) is 5.71 Å². The summed E-state index contributed by atoms with van der Waals surface area (Å²) in [7, 11) is 2.71. The standard InChI is InChI=1S/C8H14N2O4/c1-5-14-8(11)7(10-13-4)6(2)9-12-3/h5H2,1-4H3. The SMILES string of the molecule is CCOC(=O)C(=NOC)C(C)=NOC. The quantitative estimate of drug-likeness (QED) is 0.371. The van der Waals surface area contributed by atoms with Crippen LogP contribution in [0.1, 0.15) is 13.8 Å². The van der Waals surface area contributed by atoms with Gasteiger partial charge in [0, 0.05) is 0 Å². The molecule has 0 aliphatic heterocycles. The molecule has 0 amide bonds. The summed E-state index contributed by atoms with van der Waals surface area (Å²) in [4.78, 5) is 20.3. The van der Waals surface area contributed by atoms with E-state index in [0.717, 1.165) is 0 Å². The third-order valence-corrected chi connectivity index (χ3v) is 1.22. The van der Waals surface area contributed by atoms with Gasteiger partial charge in [0.1, 0.15) is 19.9 Å². The fourth-order valence-electron chi connectivity index (χ4n) is 0.722. The molecule has 0 unspecified atom stereocenters. The summed E-state index contributed by atoms with van der Waals surface area (Å²) in [6.07, 6.45) is 0. The number of nitrogens with zero attached hydrogens (tertiary/aromatic N) is 2. The molecule has 6 nitrogen and oxygen atoms in total. The van der Waals surface area contributed by atoms with E-state index in [1.54, 1.807) is 13.8 Å². The minimum Gasteiger partial charge on any atom is -0.461 e. The summed E-state index contributed by atoms with van der Waals surface area (Å²) < 4.78 is 4.74. The number of carbonyl (C=O) groups is 1. The van der Waals surface area contributed by atoms with Gasteiger partial charge in [-0.15, -0.1) is 0 Å². The van der Waals surface area contributed by atoms with Crippen molar-refractivity contribution in [3.63, 3.8) is 0 Å². The van der Waals surface area contributed by atoms with Crippen LogP contribution in [-0.2, 0) is 19.2 Å². The van der Waals surface area contributed by atoms with E-state index < -0.39 is 5.97 Å². The highest BCUT2D eigenvalue weighted by Crippen LogP contribution is 1.92. The molecule has 0 aromatic rings. The second kappa shape index (κ2) is 6.88. The molecule has 0 bridgehead atoms. The number of carbonyl (C=O) groups excluding carboxylic acids is 1. The minimum absolute atomic E-state index is 0.00352. The van der Waals surface area contributed by atoms with Crippen molar-refractivity contribution in [3.05, 3.63) is 0 Å². The summed E-state index contributed by atoms with van der Waals surface area (Å²) in [5.41, 5.74) is 0.295. The maximum Gasteiger partial charge on any atom is 0.362 e. The summed E-state index contributed by atoms with van der Waals surface area (Å²) >= 11 is 0. The Balaban J connectivity index is 4.69. The van der Waals surface area contributed by atoms with E-state index in [1.165, 1.54) is 14.2 Å². The number of oxime groups is 2. The zero-order valence-corrected chi connectivity index (χ0v) is 8.73. The molecule has 0 N–H and O–H groups in total. The topological polar surface area (TPSA) is 69.5 Å². The summed E-state index contributed by atoms with van der Waals surface area (Å²) in [5, 5.41) is 7.04. The van der Waals surface area contributed by atoms with E-state index in [4.69, 9.17) is 4.74 Å². The van der Waals surface area contributed by atoms with Gasteiger partial charge in [-0.05, 0) is 13.8 Å². The van der Waals surface area contributed by atoms with Gasteiger partial charge in [0.25, 0.3) is 0 Å². The number of ether oxygens (including phenoxy) is 1. The van der Waals surface area contributed by atoms with Crippen LogP contribution in [0.25, 0.3) is 0 Å². The molecule has 14 heavy (non-hydrogen) atoms. The van der Waals surface area contributed by atoms with Crippen LogP contribution >= 0.6 is 0 Å². The Bertz CT molecular complexity index is 248. The molecule has 6 heteroatoms. The van der Waals surface area contributed by atoms with E-state index in [1.807, 2.05) is 0 Å². The highest BCUT2D eigenvalue weighted by Gasteiger charge is 2.17. The second-order valence-electron chi connectivity index (χ2n) is 2.20. The summed E-state index contributed by atoms with van der Waals surface area (Å²) in [6.45, 7) is 3.53. The van der Waals surface area contributed by atoms with Gasteiger partial charge < -0.3 is 14.4 Å². The third kappa shape index (κ3) is 3.88. The van der Waals surface area contributed by atoms with Crippen molar-refractivity contribution in [1.29, 1.82) is 0 Å². The third-order valence-electron chi connectivity index (χ3n) is 1.22. The minimum atomic E-state index is -0.590. The van der Waals surface area contributed by atoms with Crippen molar-refractivity contribution in [3.8, 4) is 0 Å². The molecule has 0 aromatic heterocycles. The lowest BCUT2D eigenvalue weighted by atomic mass is 10.2. The van der Waals surface area contributed by atoms with Gasteiger partial charge in [0.05, 0.1) is 6.61 Å². The van der Waals surface area contributed by atoms with Crippen molar-refractivity contribution >= 4 is 17.4 Å². The molecule has 0 aliphatic carbocycles. The first-order valence-electron chi connectivity index (χ1n) is 4.03. The lowest BCUT2D eigenvalue weighted by molar-refractivity contribution is -0.135. The van der Waals surface area contributed by atoms with Gasteiger partial charge in [-0.1, -0.05) is 10.3 Å². The second-order valence-corrected chi connectivity index (χ2v) is 2.20. The predicted octanol–water partition coefficient (Wildman–Crippen LogP) is 0.574. The summed E-state index contributed by atoms with van der Waals surface area (Å²) in [6, 6.07) is 0. The molecule has 0 rings (SSSR count). The maximum absolute atomic E-state index is 11.3. The van der Waals surface area contributed by atoms with Crippen LogP contribution in [-0.4, -0.2) is 38.2 Å². The molecule has 0 heterocycles. The number of hydrogen-bond acceptors (Lipinski definition) is 6. The van der Waals surface area contributed by atoms with Gasteiger partial charge in [0.2, 0.25) is 5.71 Å². The van der Waals surface area contributed by atoms with Crippen LogP contribution in [0.3, 0.4) is 0 Å². The zero-order chi connectivity index (χ0) is 11.0. The number of rotatable bonds is 5. The lowest BCUT2D eigenvalue weighted by Gasteiger charge is -2.03. The first-order chi connectivity index (χ1) is 6.67. The maximum atomic E-state index is 11.3. The molecule has 0 radical (unpaired) electrons. The fourth-order valence-corrected chi connectivity index (χ4v) is 0.722. The summed E-state index contributed by atoms with van der Waals surface area (Å²) in [5.74, 6) is -0.590. The number of hydrogen-bond donors (Lipinski definition) is 0. The molecule has 0 saturated heterocycles. The molecule has 0 aromatic carbocycles. The van der Waals surface area contributed by atoms with Crippen molar-refractivity contribution in [2.75, 3.05) is 20.8 Å². The Hall–Kier alpha value is -1.59. The van der Waals surface area contributed by atoms with Crippen LogP contribution in [0.2, 0.25) is 0 Å². The monoisotopic (exact) mass is 202 g/mol. The molecule has 0 fully saturated rings. The Morgan fingerprint density at radius 1 is 1.21 bits per heavy atom. The van der Waals surface area contributed by atoms with E-state index >= 15 is 0 Å². The van der Waals surface area contributed by atoms with Crippen molar-refractivity contribution in [1.82, 2.24) is 0 Å². The van der Waals surface area contributed by atoms with E-state index in [9.17, 15) is 4.79 Å². The van der Waals surface area contributed by atoms with Crippen molar-refractivity contribution < 1.29 is 19.2 Å². The normalized spacial score (nSPS) is 12.3. The Labute approximate surface area is 82.5 Å². The van der Waals surface area contributed by atoms with Crippen molar-refractivity contribution in [2.45, 2.75) is 13.8 Å². The zero-order valence-electron chi connectivity index (χ0n) is 8.73.